The van der Waals surface area contributed by atoms with Gasteiger partial charge in [0.05, 0.1) is 5.57 Å². The van der Waals surface area contributed by atoms with Crippen molar-refractivity contribution in [2.24, 2.45) is 4.99 Å². The number of hydrogen-bond acceptors (Lipinski definition) is 5. The predicted octanol–water partition coefficient (Wildman–Crippen LogP) is 1.39. The van der Waals surface area contributed by atoms with Crippen molar-refractivity contribution in [3.8, 4) is 0 Å². The number of carbonyl (C=O) groups is 1. The molecule has 0 radical (unpaired) electrons. The van der Waals surface area contributed by atoms with E-state index in [1.165, 1.54) is 34.9 Å². The number of nitrogens with zero attached hydrogens (tertiary/aromatic N) is 3. The summed E-state index contributed by atoms with van der Waals surface area (Å²) >= 11 is 1.11. The van der Waals surface area contributed by atoms with Crippen molar-refractivity contribution in [2.45, 2.75) is 6.67 Å². The standard InChI is InChI=1S/C19H12F2N4O2S/c20-10-1-4-12(5-2-10)24-8-22-19-25(9-24)18(27)16(28-19)15-13-7-11(21)3-6-14(13)23-17(15)26/h1-7H,8-9H2,(H,23,26)/b16-15-. The SMILES string of the molecule is O=C1Nc2ccc(F)cc2/C1=c1/sc2n(c1=O)CN(c1ccc(F)cc1)CN=2. The summed E-state index contributed by atoms with van der Waals surface area (Å²) in [6, 6.07) is 9.89. The van der Waals surface area contributed by atoms with Gasteiger partial charge < -0.3 is 10.2 Å². The van der Waals surface area contributed by atoms with Crippen molar-refractivity contribution in [3.05, 3.63) is 79.4 Å². The van der Waals surface area contributed by atoms with Crippen LogP contribution in [0.1, 0.15) is 5.56 Å². The van der Waals surface area contributed by atoms with Gasteiger partial charge in [-0.05, 0) is 42.5 Å². The second-order valence-corrected chi connectivity index (χ2v) is 7.40. The number of hydrogen-bond donors (Lipinski definition) is 1. The third-order valence-corrected chi connectivity index (χ3v) is 5.81. The number of aromatic nitrogens is 1. The van der Waals surface area contributed by atoms with Crippen molar-refractivity contribution in [2.75, 3.05) is 16.9 Å². The molecule has 0 bridgehead atoms. The number of amides is 1. The summed E-state index contributed by atoms with van der Waals surface area (Å²) in [5.74, 6) is -1.27. The normalized spacial score (nSPS) is 17.1. The van der Waals surface area contributed by atoms with Crippen LogP contribution in [-0.4, -0.2) is 17.1 Å². The maximum Gasteiger partial charge on any atom is 0.272 e. The quantitative estimate of drug-likeness (QED) is 0.674. The molecule has 0 atom stereocenters. The molecular formula is C19H12F2N4O2S. The Hall–Kier alpha value is -3.33. The summed E-state index contributed by atoms with van der Waals surface area (Å²) < 4.78 is 28.5. The third kappa shape index (κ3) is 2.55. The van der Waals surface area contributed by atoms with E-state index in [4.69, 9.17) is 0 Å². The van der Waals surface area contributed by atoms with E-state index in [2.05, 4.69) is 10.3 Å². The average molecular weight is 398 g/mol. The number of halogens is 2. The summed E-state index contributed by atoms with van der Waals surface area (Å²) in [7, 11) is 0. The molecule has 2 aromatic carbocycles. The lowest BCUT2D eigenvalue weighted by Crippen LogP contribution is -2.43. The Morgan fingerprint density at radius 3 is 2.57 bits per heavy atom. The van der Waals surface area contributed by atoms with E-state index in [9.17, 15) is 18.4 Å². The number of carbonyl (C=O) groups excluding carboxylic acids is 1. The molecule has 28 heavy (non-hydrogen) atoms. The molecule has 3 heterocycles. The minimum Gasteiger partial charge on any atom is -0.334 e. The van der Waals surface area contributed by atoms with Crippen LogP contribution in [-0.2, 0) is 11.5 Å². The van der Waals surface area contributed by atoms with Crippen LogP contribution >= 0.6 is 11.3 Å². The highest BCUT2D eigenvalue weighted by molar-refractivity contribution is 7.07. The minimum absolute atomic E-state index is 0.162. The maximum absolute atomic E-state index is 13.7. The van der Waals surface area contributed by atoms with Gasteiger partial charge in [-0.15, -0.1) is 0 Å². The average Bonchev–Trinajstić information content (AvgIpc) is 3.17. The molecule has 9 heteroatoms. The largest absolute Gasteiger partial charge is 0.334 e. The molecule has 1 N–H and O–H groups in total. The summed E-state index contributed by atoms with van der Waals surface area (Å²) in [5, 5.41) is 2.66. The van der Waals surface area contributed by atoms with Gasteiger partial charge in [-0.1, -0.05) is 11.3 Å². The van der Waals surface area contributed by atoms with Crippen LogP contribution < -0.4 is 25.1 Å². The second kappa shape index (κ2) is 6.10. The molecule has 0 fully saturated rings. The zero-order valence-electron chi connectivity index (χ0n) is 14.3. The van der Waals surface area contributed by atoms with Crippen LogP contribution in [0.3, 0.4) is 0 Å². The van der Waals surface area contributed by atoms with Crippen molar-refractivity contribution >= 4 is 34.2 Å². The minimum atomic E-state index is -0.485. The smallest absolute Gasteiger partial charge is 0.272 e. The highest BCUT2D eigenvalue weighted by Gasteiger charge is 2.28. The molecule has 2 aliphatic heterocycles. The van der Waals surface area contributed by atoms with Gasteiger partial charge in [-0.3, -0.25) is 14.2 Å². The van der Waals surface area contributed by atoms with Crippen LogP contribution in [0.4, 0.5) is 20.2 Å². The second-order valence-electron chi connectivity index (χ2n) is 6.42. The first-order valence-corrected chi connectivity index (χ1v) is 9.23. The van der Waals surface area contributed by atoms with E-state index in [1.54, 1.807) is 12.1 Å². The highest BCUT2D eigenvalue weighted by atomic mass is 32.1. The van der Waals surface area contributed by atoms with E-state index in [0.29, 0.717) is 22.7 Å². The van der Waals surface area contributed by atoms with Crippen LogP contribution in [0.5, 0.6) is 0 Å². The predicted molar refractivity (Wildman–Crippen MR) is 101 cm³/mol. The molecule has 0 unspecified atom stereocenters. The van der Waals surface area contributed by atoms with E-state index in [-0.39, 0.29) is 28.2 Å². The summed E-state index contributed by atoms with van der Waals surface area (Å²) in [4.78, 5) is 32.2. The zero-order chi connectivity index (χ0) is 19.4. The van der Waals surface area contributed by atoms with Gasteiger partial charge in [0, 0.05) is 16.9 Å². The fraction of sp³-hybridized carbons (Fsp3) is 0.105. The fourth-order valence-corrected chi connectivity index (χ4v) is 4.40. The number of rotatable bonds is 1. The van der Waals surface area contributed by atoms with Gasteiger partial charge in [0.15, 0.2) is 4.80 Å². The lowest BCUT2D eigenvalue weighted by atomic mass is 10.1. The first kappa shape index (κ1) is 16.8. The lowest BCUT2D eigenvalue weighted by Gasteiger charge is -2.25. The molecule has 140 valence electrons. The maximum atomic E-state index is 13.7. The Morgan fingerprint density at radius 1 is 1.04 bits per heavy atom. The van der Waals surface area contributed by atoms with Crippen molar-refractivity contribution in [1.82, 2.24) is 4.57 Å². The van der Waals surface area contributed by atoms with Gasteiger partial charge in [-0.2, -0.15) is 0 Å². The number of nitrogens with one attached hydrogen (secondary N) is 1. The molecule has 0 spiro atoms. The number of benzene rings is 2. The monoisotopic (exact) mass is 398 g/mol. The van der Waals surface area contributed by atoms with Crippen LogP contribution in [0.25, 0.3) is 5.57 Å². The van der Waals surface area contributed by atoms with Crippen LogP contribution in [0.2, 0.25) is 0 Å². The molecule has 6 nitrogen and oxygen atoms in total. The Bertz CT molecular complexity index is 1310. The first-order chi connectivity index (χ1) is 13.5. The van der Waals surface area contributed by atoms with E-state index in [0.717, 1.165) is 17.0 Å². The molecule has 0 aliphatic carbocycles. The molecule has 2 aliphatic rings. The van der Waals surface area contributed by atoms with E-state index >= 15 is 0 Å². The fourth-order valence-electron chi connectivity index (χ4n) is 3.34. The van der Waals surface area contributed by atoms with Gasteiger partial charge in [-0.25, -0.2) is 13.8 Å². The number of anilines is 2. The van der Waals surface area contributed by atoms with Gasteiger partial charge in [0.25, 0.3) is 11.5 Å². The zero-order valence-corrected chi connectivity index (χ0v) is 15.1. The number of thiazole rings is 1. The van der Waals surface area contributed by atoms with Crippen LogP contribution in [0.15, 0.2) is 52.3 Å². The topological polar surface area (TPSA) is 66.7 Å². The Labute approximate surface area is 160 Å². The van der Waals surface area contributed by atoms with Gasteiger partial charge >= 0.3 is 0 Å². The third-order valence-electron chi connectivity index (χ3n) is 4.70. The highest BCUT2D eigenvalue weighted by Crippen LogP contribution is 2.30. The molecule has 5 rings (SSSR count). The molecule has 0 saturated heterocycles. The van der Waals surface area contributed by atoms with E-state index < -0.39 is 11.7 Å². The van der Waals surface area contributed by atoms with Gasteiger partial charge in [0.2, 0.25) is 0 Å². The first-order valence-electron chi connectivity index (χ1n) is 8.41. The molecule has 1 amide bonds. The Morgan fingerprint density at radius 2 is 1.79 bits per heavy atom. The Balaban J connectivity index is 1.65. The summed E-state index contributed by atoms with van der Waals surface area (Å²) in [6.45, 7) is 0.530. The number of fused-ring (bicyclic) bond motifs is 2. The molecule has 0 saturated carbocycles. The van der Waals surface area contributed by atoms with Crippen molar-refractivity contribution in [1.29, 1.82) is 0 Å². The van der Waals surface area contributed by atoms with Gasteiger partial charge in [0.1, 0.15) is 29.5 Å². The van der Waals surface area contributed by atoms with Crippen molar-refractivity contribution < 1.29 is 13.6 Å². The van der Waals surface area contributed by atoms with Crippen molar-refractivity contribution in [3.63, 3.8) is 0 Å². The Kier molecular flexibility index (Phi) is 3.66. The summed E-state index contributed by atoms with van der Waals surface area (Å²) in [6.07, 6.45) is 0. The summed E-state index contributed by atoms with van der Waals surface area (Å²) in [5.41, 5.74) is 1.38. The molecular weight excluding hydrogens is 386 g/mol. The van der Waals surface area contributed by atoms with E-state index in [1.807, 2.05) is 4.90 Å². The molecule has 1 aromatic heterocycles. The lowest BCUT2D eigenvalue weighted by molar-refractivity contribution is -0.110. The van der Waals surface area contributed by atoms with Crippen LogP contribution in [0, 0.1) is 11.6 Å². The molecule has 3 aromatic rings.